The van der Waals surface area contributed by atoms with E-state index in [0.29, 0.717) is 35.8 Å². The van der Waals surface area contributed by atoms with Gasteiger partial charge in [0, 0.05) is 53.8 Å². The second-order valence-electron chi connectivity index (χ2n) is 13.7. The van der Waals surface area contributed by atoms with E-state index in [4.69, 9.17) is 16.3 Å². The first-order valence-corrected chi connectivity index (χ1v) is 20.1. The lowest BCUT2D eigenvalue weighted by atomic mass is 9.82. The zero-order valence-corrected chi connectivity index (χ0v) is 29.5. The number of hydrogen-bond acceptors (Lipinski definition) is 5. The van der Waals surface area contributed by atoms with Crippen molar-refractivity contribution < 1.29 is 28.3 Å². The monoisotopic (exact) mass is 691 g/mol. The van der Waals surface area contributed by atoms with Crippen molar-refractivity contribution in [2.75, 3.05) is 29.5 Å². The highest BCUT2D eigenvalue weighted by Gasteiger charge is 2.67. The fourth-order valence-electron chi connectivity index (χ4n) is 7.98. The molecule has 3 aromatic rings. The SMILES string of the molecule is C[C@@H]1[C@@H]([Si](C)(C)F)[C@H](CC(=O)N(CCO)Cc2ccccc2)O[C@@]12C(=O)N(Cc1cccc(N3CCCCC3=O)c1)c1ccc(Cl)cc12. The molecule has 4 atom stereocenters. The van der Waals surface area contributed by atoms with Gasteiger partial charge in [-0.3, -0.25) is 14.4 Å². The van der Waals surface area contributed by atoms with Crippen molar-refractivity contribution in [3.63, 3.8) is 0 Å². The van der Waals surface area contributed by atoms with Crippen LogP contribution < -0.4 is 9.80 Å². The van der Waals surface area contributed by atoms with Gasteiger partial charge in [0.2, 0.25) is 20.2 Å². The van der Waals surface area contributed by atoms with Crippen LogP contribution >= 0.6 is 11.6 Å². The minimum absolute atomic E-state index is 0.0914. The summed E-state index contributed by atoms with van der Waals surface area (Å²) >= 11 is 6.54. The quantitative estimate of drug-likeness (QED) is 0.191. The maximum absolute atomic E-state index is 16.4. The van der Waals surface area contributed by atoms with E-state index in [1.807, 2.05) is 61.5 Å². The van der Waals surface area contributed by atoms with Gasteiger partial charge in [-0.2, -0.15) is 0 Å². The van der Waals surface area contributed by atoms with Gasteiger partial charge in [0.15, 0.2) is 5.60 Å². The first-order chi connectivity index (χ1) is 22.9. The summed E-state index contributed by atoms with van der Waals surface area (Å²) in [5.74, 6) is -1.09. The Hall–Kier alpha value is -3.57. The highest BCUT2D eigenvalue weighted by atomic mass is 35.5. The van der Waals surface area contributed by atoms with Crippen LogP contribution in [0.4, 0.5) is 15.5 Å². The fraction of sp³-hybridized carbons (Fsp3) is 0.432. The normalized spacial score (nSPS) is 24.0. The molecular weight excluding hydrogens is 649 g/mol. The van der Waals surface area contributed by atoms with Gasteiger partial charge >= 0.3 is 0 Å². The van der Waals surface area contributed by atoms with E-state index in [1.54, 1.807) is 46.0 Å². The summed E-state index contributed by atoms with van der Waals surface area (Å²) in [7, 11) is -3.52. The molecule has 1 spiro atoms. The van der Waals surface area contributed by atoms with Crippen molar-refractivity contribution in [3.05, 3.63) is 94.5 Å². The van der Waals surface area contributed by atoms with Crippen LogP contribution in [-0.4, -0.2) is 61.9 Å². The molecule has 254 valence electrons. The van der Waals surface area contributed by atoms with Crippen LogP contribution in [0.15, 0.2) is 72.8 Å². The second kappa shape index (κ2) is 13.7. The molecule has 48 heavy (non-hydrogen) atoms. The maximum atomic E-state index is 16.4. The van der Waals surface area contributed by atoms with Crippen LogP contribution in [-0.2, 0) is 37.8 Å². The van der Waals surface area contributed by atoms with Gasteiger partial charge in [0.05, 0.1) is 31.4 Å². The highest BCUT2D eigenvalue weighted by molar-refractivity contribution is 6.72. The number of piperidine rings is 1. The first kappa shape index (κ1) is 34.3. The Balaban J connectivity index is 1.33. The number of aliphatic hydroxyl groups excluding tert-OH is 1. The maximum Gasteiger partial charge on any atom is 0.264 e. The number of amides is 3. The zero-order valence-electron chi connectivity index (χ0n) is 27.7. The third kappa shape index (κ3) is 6.43. The second-order valence-corrected chi connectivity index (χ2v) is 18.0. The summed E-state index contributed by atoms with van der Waals surface area (Å²) in [4.78, 5) is 46.3. The Morgan fingerprint density at radius 2 is 1.81 bits per heavy atom. The van der Waals surface area contributed by atoms with Crippen LogP contribution in [0.3, 0.4) is 0 Å². The van der Waals surface area contributed by atoms with Gasteiger partial charge in [-0.1, -0.05) is 61.0 Å². The van der Waals surface area contributed by atoms with Crippen LogP contribution in [0.2, 0.25) is 23.7 Å². The van der Waals surface area contributed by atoms with Gasteiger partial charge in [-0.05, 0) is 67.4 Å². The Morgan fingerprint density at radius 1 is 1.06 bits per heavy atom. The van der Waals surface area contributed by atoms with Gasteiger partial charge in [0.1, 0.15) is 0 Å². The highest BCUT2D eigenvalue weighted by Crippen LogP contribution is 2.60. The molecule has 0 saturated carbocycles. The van der Waals surface area contributed by atoms with Crippen LogP contribution in [0.5, 0.6) is 0 Å². The number of aliphatic hydroxyl groups is 1. The summed E-state index contributed by atoms with van der Waals surface area (Å²) in [6.07, 6.45) is 1.36. The van der Waals surface area contributed by atoms with Crippen LogP contribution in [0.25, 0.3) is 0 Å². The molecule has 0 aliphatic carbocycles. The van der Waals surface area contributed by atoms with Crippen molar-refractivity contribution in [3.8, 4) is 0 Å². The minimum Gasteiger partial charge on any atom is -0.395 e. The summed E-state index contributed by atoms with van der Waals surface area (Å²) in [6, 6.07) is 22.4. The molecular formula is C37H43ClFN3O5Si. The molecule has 1 N–H and O–H groups in total. The molecule has 3 aliphatic heterocycles. The molecule has 0 radical (unpaired) electrons. The fourth-order valence-corrected chi connectivity index (χ4v) is 10.6. The van der Waals surface area contributed by atoms with E-state index in [2.05, 4.69) is 0 Å². The minimum atomic E-state index is -3.52. The number of benzene rings is 3. The van der Waals surface area contributed by atoms with E-state index < -0.39 is 31.6 Å². The predicted molar refractivity (Wildman–Crippen MR) is 187 cm³/mol. The molecule has 8 nitrogen and oxygen atoms in total. The van der Waals surface area contributed by atoms with Gasteiger partial charge in [-0.15, -0.1) is 0 Å². The lowest BCUT2D eigenvalue weighted by molar-refractivity contribution is -0.150. The molecule has 0 aromatic heterocycles. The molecule has 2 saturated heterocycles. The largest absolute Gasteiger partial charge is 0.395 e. The van der Waals surface area contributed by atoms with E-state index >= 15 is 4.11 Å². The van der Waals surface area contributed by atoms with Crippen molar-refractivity contribution in [1.82, 2.24) is 4.90 Å². The van der Waals surface area contributed by atoms with E-state index in [9.17, 15) is 19.5 Å². The molecule has 3 aromatic carbocycles. The van der Waals surface area contributed by atoms with Gasteiger partial charge < -0.3 is 28.7 Å². The summed E-state index contributed by atoms with van der Waals surface area (Å²) in [5.41, 5.74) is 1.55. The molecule has 2 fully saturated rings. The average Bonchev–Trinajstić information content (AvgIpc) is 3.47. The van der Waals surface area contributed by atoms with Gasteiger partial charge in [-0.25, -0.2) is 0 Å². The number of nitrogens with zero attached hydrogens (tertiary/aromatic N) is 3. The average molecular weight is 692 g/mol. The molecule has 6 rings (SSSR count). The number of ether oxygens (including phenoxy) is 1. The van der Waals surface area contributed by atoms with Crippen LogP contribution in [0.1, 0.15) is 49.3 Å². The number of rotatable bonds is 10. The topological polar surface area (TPSA) is 90.4 Å². The lowest BCUT2D eigenvalue weighted by Crippen LogP contribution is -2.45. The smallest absolute Gasteiger partial charge is 0.264 e. The Labute approximate surface area is 287 Å². The Kier molecular flexibility index (Phi) is 9.82. The molecule has 3 heterocycles. The van der Waals surface area contributed by atoms with E-state index in [0.717, 1.165) is 29.7 Å². The number of carbonyl (C=O) groups is 3. The van der Waals surface area contributed by atoms with Crippen molar-refractivity contribution in [2.24, 2.45) is 5.92 Å². The number of carbonyl (C=O) groups excluding carboxylic acids is 3. The molecule has 3 aliphatic rings. The zero-order chi connectivity index (χ0) is 34.2. The number of halogens is 2. The van der Waals surface area contributed by atoms with Crippen molar-refractivity contribution >= 4 is 49.1 Å². The number of hydrogen-bond donors (Lipinski definition) is 1. The molecule has 3 amide bonds. The number of anilines is 2. The summed E-state index contributed by atoms with van der Waals surface area (Å²) < 4.78 is 23.2. The van der Waals surface area contributed by atoms with Gasteiger partial charge in [0.25, 0.3) is 5.91 Å². The summed E-state index contributed by atoms with van der Waals surface area (Å²) in [6.45, 7) is 6.13. The third-order valence-corrected chi connectivity index (χ3v) is 12.8. The third-order valence-electron chi connectivity index (χ3n) is 10.1. The van der Waals surface area contributed by atoms with Crippen molar-refractivity contribution in [2.45, 2.75) is 76.0 Å². The molecule has 0 unspecified atom stereocenters. The van der Waals surface area contributed by atoms with E-state index in [1.165, 1.54) is 0 Å². The standard InChI is InChI=1S/C37H43ClFN3O5Si/c1-25-35(48(2,3)39)32(22-34(45)40(18-19-43)23-26-10-5-4-6-11-26)47-37(25)30-21-28(38)15-16-31(30)42(36(37)46)24-27-12-9-13-29(20-27)41-17-8-7-14-33(41)44/h4-6,9-13,15-16,20-21,25,32,35,43H,7-8,14,17-19,22-24H2,1-3H3/t25-,32+,35-,37+/m1/s1. The summed E-state index contributed by atoms with van der Waals surface area (Å²) in [5, 5.41) is 10.2. The van der Waals surface area contributed by atoms with E-state index in [-0.39, 0.29) is 43.8 Å². The Morgan fingerprint density at radius 3 is 2.52 bits per heavy atom. The molecule has 11 heteroatoms. The molecule has 0 bridgehead atoms. The van der Waals surface area contributed by atoms with Crippen LogP contribution in [0, 0.1) is 5.92 Å². The lowest BCUT2D eigenvalue weighted by Gasteiger charge is -2.31. The van der Waals surface area contributed by atoms with Crippen molar-refractivity contribution in [1.29, 1.82) is 0 Å². The number of fused-ring (bicyclic) bond motifs is 2. The predicted octanol–water partition coefficient (Wildman–Crippen LogP) is 6.59. The first-order valence-electron chi connectivity index (χ1n) is 16.7. The Bertz CT molecular complexity index is 1690.